The smallest absolute Gasteiger partial charge is 0.192 e. The van der Waals surface area contributed by atoms with Crippen LogP contribution in [0.5, 0.6) is 0 Å². The zero-order valence-corrected chi connectivity index (χ0v) is 11.4. The van der Waals surface area contributed by atoms with E-state index < -0.39 is 0 Å². The number of pyridine rings is 2. The van der Waals surface area contributed by atoms with Gasteiger partial charge in [-0.05, 0) is 6.07 Å². The lowest BCUT2D eigenvalue weighted by Crippen LogP contribution is -2.36. The average molecular weight is 283 g/mol. The summed E-state index contributed by atoms with van der Waals surface area (Å²) in [6.45, 7) is 0. The van der Waals surface area contributed by atoms with Gasteiger partial charge in [0.2, 0.25) is 0 Å². The number of nitrogens with one attached hydrogen (secondary N) is 2. The SMILES string of the molecule is C[n+]1ccc(C2=NNC(c3ccncc3N)=NN2)c(N)c1. The van der Waals surface area contributed by atoms with Gasteiger partial charge in [0.25, 0.3) is 0 Å². The average Bonchev–Trinajstić information content (AvgIpc) is 2.48. The van der Waals surface area contributed by atoms with Crippen molar-refractivity contribution >= 4 is 23.0 Å². The molecule has 0 radical (unpaired) electrons. The summed E-state index contributed by atoms with van der Waals surface area (Å²) in [6, 6.07) is 3.63. The Morgan fingerprint density at radius 2 is 1.67 bits per heavy atom. The van der Waals surface area contributed by atoms with Crippen molar-refractivity contribution in [1.82, 2.24) is 15.8 Å². The predicted octanol–water partition coefficient (Wildman–Crippen LogP) is -0.713. The Balaban J connectivity index is 1.85. The van der Waals surface area contributed by atoms with E-state index in [9.17, 15) is 0 Å². The number of hydrazone groups is 2. The van der Waals surface area contributed by atoms with Crippen LogP contribution in [0, 0.1) is 0 Å². The van der Waals surface area contributed by atoms with E-state index in [1.807, 2.05) is 23.9 Å². The zero-order valence-electron chi connectivity index (χ0n) is 11.4. The molecule has 8 heteroatoms. The molecule has 0 atom stereocenters. The summed E-state index contributed by atoms with van der Waals surface area (Å²) in [7, 11) is 1.90. The molecule has 21 heavy (non-hydrogen) atoms. The lowest BCUT2D eigenvalue weighted by molar-refractivity contribution is -0.670. The molecule has 0 spiro atoms. The summed E-state index contributed by atoms with van der Waals surface area (Å²) >= 11 is 0. The quantitative estimate of drug-likeness (QED) is 0.543. The Labute approximate surface area is 121 Å². The fourth-order valence-electron chi connectivity index (χ4n) is 1.97. The molecular weight excluding hydrogens is 268 g/mol. The van der Waals surface area contributed by atoms with E-state index in [4.69, 9.17) is 11.5 Å². The maximum absolute atomic E-state index is 5.98. The minimum atomic E-state index is 0.524. The van der Waals surface area contributed by atoms with Crippen molar-refractivity contribution in [2.75, 3.05) is 11.5 Å². The second kappa shape index (κ2) is 5.08. The van der Waals surface area contributed by atoms with E-state index in [1.54, 1.807) is 24.7 Å². The maximum atomic E-state index is 5.98. The van der Waals surface area contributed by atoms with Gasteiger partial charge >= 0.3 is 0 Å². The molecule has 0 unspecified atom stereocenters. The van der Waals surface area contributed by atoms with Gasteiger partial charge in [0.1, 0.15) is 12.7 Å². The van der Waals surface area contributed by atoms with Gasteiger partial charge in [0, 0.05) is 17.8 Å². The van der Waals surface area contributed by atoms with Gasteiger partial charge in [-0.15, -0.1) is 0 Å². The van der Waals surface area contributed by atoms with Crippen LogP contribution in [0.4, 0.5) is 11.4 Å². The number of hydrogen-bond donors (Lipinski definition) is 4. The summed E-state index contributed by atoms with van der Waals surface area (Å²) in [5, 5.41) is 8.49. The monoisotopic (exact) mass is 283 g/mol. The van der Waals surface area contributed by atoms with Gasteiger partial charge in [0.15, 0.2) is 24.1 Å². The highest BCUT2D eigenvalue weighted by molar-refractivity contribution is 6.09. The molecule has 1 aliphatic rings. The third-order valence-corrected chi connectivity index (χ3v) is 3.04. The van der Waals surface area contributed by atoms with E-state index in [2.05, 4.69) is 26.0 Å². The minimum absolute atomic E-state index is 0.524. The molecular formula is C13H15N8+. The summed E-state index contributed by atoms with van der Waals surface area (Å²) in [4.78, 5) is 3.94. The fraction of sp³-hybridized carbons (Fsp3) is 0.0769. The molecule has 0 amide bonds. The van der Waals surface area contributed by atoms with Crippen LogP contribution in [-0.2, 0) is 7.05 Å². The molecule has 0 bridgehead atoms. The lowest BCUT2D eigenvalue weighted by Gasteiger charge is -2.16. The van der Waals surface area contributed by atoms with E-state index in [0.717, 1.165) is 11.1 Å². The molecule has 0 fully saturated rings. The third kappa shape index (κ3) is 2.46. The molecule has 2 aromatic heterocycles. The zero-order chi connectivity index (χ0) is 14.8. The van der Waals surface area contributed by atoms with Crippen LogP contribution in [0.15, 0.2) is 47.1 Å². The number of amidine groups is 2. The number of rotatable bonds is 2. The molecule has 0 aromatic carbocycles. The Morgan fingerprint density at radius 3 is 2.24 bits per heavy atom. The fourth-order valence-corrected chi connectivity index (χ4v) is 1.97. The van der Waals surface area contributed by atoms with Crippen molar-refractivity contribution in [2.24, 2.45) is 17.3 Å². The maximum Gasteiger partial charge on any atom is 0.192 e. The predicted molar refractivity (Wildman–Crippen MR) is 80.0 cm³/mol. The van der Waals surface area contributed by atoms with E-state index in [0.29, 0.717) is 23.0 Å². The summed E-state index contributed by atoms with van der Waals surface area (Å²) in [6.07, 6.45) is 6.90. The molecule has 1 aliphatic heterocycles. The molecule has 106 valence electrons. The van der Waals surface area contributed by atoms with Crippen LogP contribution in [0.25, 0.3) is 0 Å². The van der Waals surface area contributed by atoms with Crippen LogP contribution in [0.1, 0.15) is 11.1 Å². The first kappa shape index (κ1) is 12.9. The Kier molecular flexibility index (Phi) is 3.11. The first-order valence-corrected chi connectivity index (χ1v) is 6.27. The molecule has 3 heterocycles. The van der Waals surface area contributed by atoms with E-state index >= 15 is 0 Å². The van der Waals surface area contributed by atoms with Crippen molar-refractivity contribution in [3.63, 3.8) is 0 Å². The second-order valence-electron chi connectivity index (χ2n) is 4.59. The standard InChI is InChI=1S/C13H14N8/c1-21-5-3-9(11(15)7-21)13-19-17-12(18-20-13)8-2-4-16-6-10(8)14/h2-7H,15H2,1H3,(H3,14,16,17,18,19,20)/p+1. The number of nitrogens with two attached hydrogens (primary N) is 2. The Morgan fingerprint density at radius 1 is 1.00 bits per heavy atom. The topological polar surface area (TPSA) is 118 Å². The first-order valence-electron chi connectivity index (χ1n) is 6.27. The molecule has 0 saturated carbocycles. The Bertz CT molecular complexity index is 750. The van der Waals surface area contributed by atoms with Crippen molar-refractivity contribution in [1.29, 1.82) is 0 Å². The largest absolute Gasteiger partial charge is 0.397 e. The second-order valence-corrected chi connectivity index (χ2v) is 4.59. The van der Waals surface area contributed by atoms with Crippen molar-refractivity contribution in [3.8, 4) is 0 Å². The van der Waals surface area contributed by atoms with Crippen LogP contribution < -0.4 is 26.9 Å². The summed E-state index contributed by atoms with van der Waals surface area (Å²) in [5.74, 6) is 1.07. The summed E-state index contributed by atoms with van der Waals surface area (Å²) < 4.78 is 1.86. The van der Waals surface area contributed by atoms with Gasteiger partial charge in [0.05, 0.1) is 17.4 Å². The third-order valence-electron chi connectivity index (χ3n) is 3.04. The molecule has 3 rings (SSSR count). The highest BCUT2D eigenvalue weighted by Crippen LogP contribution is 2.12. The number of nitrogens with zero attached hydrogens (tertiary/aromatic N) is 4. The van der Waals surface area contributed by atoms with Gasteiger partial charge in [-0.2, -0.15) is 10.2 Å². The van der Waals surface area contributed by atoms with E-state index in [-0.39, 0.29) is 0 Å². The number of aromatic nitrogens is 2. The molecule has 6 N–H and O–H groups in total. The lowest BCUT2D eigenvalue weighted by atomic mass is 10.2. The molecule has 0 saturated heterocycles. The highest BCUT2D eigenvalue weighted by Gasteiger charge is 2.16. The number of hydrogen-bond acceptors (Lipinski definition) is 7. The normalized spacial score (nSPS) is 13.8. The Hall–Kier alpha value is -3.16. The number of nitrogen functional groups attached to an aromatic ring is 2. The van der Waals surface area contributed by atoms with E-state index in [1.165, 1.54) is 0 Å². The highest BCUT2D eigenvalue weighted by atomic mass is 15.5. The van der Waals surface area contributed by atoms with Crippen LogP contribution in [0.3, 0.4) is 0 Å². The van der Waals surface area contributed by atoms with Gasteiger partial charge in [-0.3, -0.25) is 15.8 Å². The van der Waals surface area contributed by atoms with Gasteiger partial charge < -0.3 is 11.5 Å². The summed E-state index contributed by atoms with van der Waals surface area (Å²) in [5.41, 5.74) is 20.2. The van der Waals surface area contributed by atoms with Crippen molar-refractivity contribution in [3.05, 3.63) is 48.0 Å². The molecule has 8 nitrogen and oxygen atoms in total. The first-order chi connectivity index (χ1) is 10.1. The molecule has 0 aliphatic carbocycles. The van der Waals surface area contributed by atoms with Gasteiger partial charge in [-0.1, -0.05) is 0 Å². The van der Waals surface area contributed by atoms with Crippen molar-refractivity contribution < 1.29 is 4.57 Å². The van der Waals surface area contributed by atoms with Crippen LogP contribution in [0.2, 0.25) is 0 Å². The van der Waals surface area contributed by atoms with Crippen LogP contribution in [-0.4, -0.2) is 16.7 Å². The van der Waals surface area contributed by atoms with Crippen molar-refractivity contribution in [2.45, 2.75) is 0 Å². The molecule has 2 aromatic rings. The van der Waals surface area contributed by atoms with Crippen LogP contribution >= 0.6 is 0 Å². The number of aryl methyl sites for hydroxylation is 1. The minimum Gasteiger partial charge on any atom is -0.397 e. The van der Waals surface area contributed by atoms with Gasteiger partial charge in [-0.25, -0.2) is 4.57 Å². The number of anilines is 2.